The van der Waals surface area contributed by atoms with Crippen LogP contribution in [0.15, 0.2) is 30.6 Å². The van der Waals surface area contributed by atoms with E-state index in [0.29, 0.717) is 15.9 Å². The molecule has 2 heterocycles. The molecular formula is C10H8Cl2N2. The number of nitrogens with zero attached hydrogens (tertiary/aromatic N) is 2. The van der Waals surface area contributed by atoms with E-state index in [1.54, 1.807) is 24.5 Å². The van der Waals surface area contributed by atoms with Gasteiger partial charge in [-0.3, -0.25) is 0 Å². The van der Waals surface area contributed by atoms with Crippen LogP contribution in [0.25, 0.3) is 5.82 Å². The van der Waals surface area contributed by atoms with Gasteiger partial charge < -0.3 is 4.57 Å². The Morgan fingerprint density at radius 3 is 2.71 bits per heavy atom. The maximum atomic E-state index is 6.01. The predicted octanol–water partition coefficient (Wildman–Crippen LogP) is 3.49. The fourth-order valence-corrected chi connectivity index (χ4v) is 1.78. The molecule has 14 heavy (non-hydrogen) atoms. The number of halogens is 2. The molecular weight excluding hydrogens is 219 g/mol. The van der Waals surface area contributed by atoms with Crippen LogP contribution in [-0.4, -0.2) is 9.55 Å². The van der Waals surface area contributed by atoms with Crippen LogP contribution >= 0.6 is 23.2 Å². The normalized spacial score (nSPS) is 10.5. The van der Waals surface area contributed by atoms with Crippen LogP contribution in [0.2, 0.25) is 10.0 Å². The molecule has 0 bridgehead atoms. The SMILES string of the molecule is Cc1cc(Cl)cn1-c1ncccc1Cl. The highest BCUT2D eigenvalue weighted by atomic mass is 35.5. The van der Waals surface area contributed by atoms with Crippen molar-refractivity contribution < 1.29 is 0 Å². The van der Waals surface area contributed by atoms with Gasteiger partial charge in [0.05, 0.1) is 10.0 Å². The first-order chi connectivity index (χ1) is 6.68. The Morgan fingerprint density at radius 1 is 1.36 bits per heavy atom. The molecule has 4 heteroatoms. The second-order valence-corrected chi connectivity index (χ2v) is 3.82. The van der Waals surface area contributed by atoms with E-state index in [-0.39, 0.29) is 0 Å². The van der Waals surface area contributed by atoms with Gasteiger partial charge in [-0.2, -0.15) is 0 Å². The topological polar surface area (TPSA) is 17.8 Å². The second kappa shape index (κ2) is 3.64. The van der Waals surface area contributed by atoms with Crippen LogP contribution in [0.4, 0.5) is 0 Å². The smallest absolute Gasteiger partial charge is 0.155 e. The van der Waals surface area contributed by atoms with Crippen molar-refractivity contribution in [2.45, 2.75) is 6.92 Å². The van der Waals surface area contributed by atoms with Gasteiger partial charge in [-0.25, -0.2) is 4.98 Å². The molecule has 0 aliphatic heterocycles. The van der Waals surface area contributed by atoms with E-state index in [2.05, 4.69) is 4.98 Å². The Bertz CT molecular complexity index is 463. The standard InChI is InChI=1S/C10H8Cl2N2/c1-7-5-8(11)6-14(7)10-9(12)3-2-4-13-10/h2-6H,1H3. The first-order valence-electron chi connectivity index (χ1n) is 4.14. The summed E-state index contributed by atoms with van der Waals surface area (Å²) in [5.74, 6) is 0.707. The van der Waals surface area contributed by atoms with Gasteiger partial charge in [0.1, 0.15) is 0 Å². The first kappa shape index (κ1) is 9.56. The molecule has 0 saturated carbocycles. The van der Waals surface area contributed by atoms with Crippen molar-refractivity contribution in [2.75, 3.05) is 0 Å². The summed E-state index contributed by atoms with van der Waals surface area (Å²) in [6.45, 7) is 1.96. The molecule has 0 aliphatic rings. The lowest BCUT2D eigenvalue weighted by Gasteiger charge is -2.05. The van der Waals surface area contributed by atoms with Crippen LogP contribution in [0.3, 0.4) is 0 Å². The number of rotatable bonds is 1. The summed E-state index contributed by atoms with van der Waals surface area (Å²) in [5.41, 5.74) is 1.01. The molecule has 2 nitrogen and oxygen atoms in total. The summed E-state index contributed by atoms with van der Waals surface area (Å²) in [4.78, 5) is 4.20. The fraction of sp³-hybridized carbons (Fsp3) is 0.100. The minimum absolute atomic E-state index is 0.614. The first-order valence-corrected chi connectivity index (χ1v) is 4.89. The summed E-state index contributed by atoms with van der Waals surface area (Å²) in [6, 6.07) is 5.47. The van der Waals surface area contributed by atoms with Crippen LogP contribution in [0.1, 0.15) is 5.69 Å². The van der Waals surface area contributed by atoms with Gasteiger partial charge in [0.25, 0.3) is 0 Å². The molecule has 0 N–H and O–H groups in total. The lowest BCUT2D eigenvalue weighted by Crippen LogP contribution is -1.97. The molecule has 0 aliphatic carbocycles. The summed E-state index contributed by atoms with van der Waals surface area (Å²) >= 11 is 11.9. The Hall–Kier alpha value is -0.990. The van der Waals surface area contributed by atoms with Gasteiger partial charge in [-0.1, -0.05) is 23.2 Å². The van der Waals surface area contributed by atoms with Crippen molar-refractivity contribution in [1.29, 1.82) is 0 Å². The van der Waals surface area contributed by atoms with Crippen molar-refractivity contribution in [3.8, 4) is 5.82 Å². The summed E-state index contributed by atoms with van der Waals surface area (Å²) in [7, 11) is 0. The van der Waals surface area contributed by atoms with Gasteiger partial charge in [0.2, 0.25) is 0 Å². The van der Waals surface area contributed by atoms with Crippen LogP contribution < -0.4 is 0 Å². The average Bonchev–Trinajstić information content (AvgIpc) is 2.46. The van der Waals surface area contributed by atoms with Crippen molar-refractivity contribution in [2.24, 2.45) is 0 Å². The van der Waals surface area contributed by atoms with Crippen molar-refractivity contribution in [3.63, 3.8) is 0 Å². The molecule has 0 atom stereocenters. The molecule has 0 fully saturated rings. The largest absolute Gasteiger partial charge is 0.303 e. The molecule has 0 amide bonds. The van der Waals surface area contributed by atoms with Crippen LogP contribution in [-0.2, 0) is 0 Å². The zero-order valence-corrected chi connectivity index (χ0v) is 9.05. The molecule has 0 spiro atoms. The number of aromatic nitrogens is 2. The number of hydrogen-bond acceptors (Lipinski definition) is 1. The van der Waals surface area contributed by atoms with E-state index in [1.807, 2.05) is 17.6 Å². The number of aryl methyl sites for hydroxylation is 1. The fourth-order valence-electron chi connectivity index (χ4n) is 1.31. The molecule has 72 valence electrons. The number of pyridine rings is 1. The third kappa shape index (κ3) is 1.63. The third-order valence-electron chi connectivity index (χ3n) is 1.95. The summed E-state index contributed by atoms with van der Waals surface area (Å²) in [6.07, 6.45) is 3.50. The second-order valence-electron chi connectivity index (χ2n) is 2.98. The quantitative estimate of drug-likeness (QED) is 0.729. The maximum Gasteiger partial charge on any atom is 0.155 e. The minimum atomic E-state index is 0.614. The lowest BCUT2D eigenvalue weighted by molar-refractivity contribution is 0.962. The van der Waals surface area contributed by atoms with E-state index in [9.17, 15) is 0 Å². The molecule has 0 saturated heterocycles. The Morgan fingerprint density at radius 2 is 2.14 bits per heavy atom. The zero-order chi connectivity index (χ0) is 10.1. The Balaban J connectivity index is 2.60. The highest BCUT2D eigenvalue weighted by Crippen LogP contribution is 2.22. The van der Waals surface area contributed by atoms with Crippen LogP contribution in [0.5, 0.6) is 0 Å². The van der Waals surface area contributed by atoms with E-state index >= 15 is 0 Å². The van der Waals surface area contributed by atoms with Gasteiger partial charge >= 0.3 is 0 Å². The van der Waals surface area contributed by atoms with Crippen molar-refractivity contribution >= 4 is 23.2 Å². The maximum absolute atomic E-state index is 6.01. The highest BCUT2D eigenvalue weighted by Gasteiger charge is 2.06. The van der Waals surface area contributed by atoms with Crippen molar-refractivity contribution in [1.82, 2.24) is 9.55 Å². The average molecular weight is 227 g/mol. The van der Waals surface area contributed by atoms with Gasteiger partial charge in [0, 0.05) is 18.1 Å². The van der Waals surface area contributed by atoms with Gasteiger partial charge in [0.15, 0.2) is 5.82 Å². The molecule has 2 aromatic rings. The Labute approximate surface area is 92.1 Å². The summed E-state index contributed by atoms with van der Waals surface area (Å²) < 4.78 is 1.87. The van der Waals surface area contributed by atoms with Gasteiger partial charge in [-0.05, 0) is 25.1 Å². The van der Waals surface area contributed by atoms with E-state index in [4.69, 9.17) is 23.2 Å². The van der Waals surface area contributed by atoms with E-state index in [1.165, 1.54) is 0 Å². The minimum Gasteiger partial charge on any atom is -0.303 e. The van der Waals surface area contributed by atoms with Gasteiger partial charge in [-0.15, -0.1) is 0 Å². The van der Waals surface area contributed by atoms with Crippen LogP contribution in [0, 0.1) is 6.92 Å². The lowest BCUT2D eigenvalue weighted by atomic mass is 10.4. The van der Waals surface area contributed by atoms with Crippen molar-refractivity contribution in [3.05, 3.63) is 46.3 Å². The molecule has 2 rings (SSSR count). The third-order valence-corrected chi connectivity index (χ3v) is 2.45. The zero-order valence-electron chi connectivity index (χ0n) is 7.54. The molecule has 0 aromatic carbocycles. The monoisotopic (exact) mass is 226 g/mol. The highest BCUT2D eigenvalue weighted by molar-refractivity contribution is 6.32. The van der Waals surface area contributed by atoms with E-state index < -0.39 is 0 Å². The van der Waals surface area contributed by atoms with E-state index in [0.717, 1.165) is 5.69 Å². The Kier molecular flexibility index (Phi) is 2.48. The summed E-state index contributed by atoms with van der Waals surface area (Å²) in [5, 5.41) is 1.30. The molecule has 0 unspecified atom stereocenters. The predicted molar refractivity (Wildman–Crippen MR) is 58.3 cm³/mol. The molecule has 2 aromatic heterocycles. The molecule has 0 radical (unpaired) electrons. The number of hydrogen-bond donors (Lipinski definition) is 0.